The minimum atomic E-state index is -0.956. The predicted octanol–water partition coefficient (Wildman–Crippen LogP) is 4.77. The van der Waals surface area contributed by atoms with E-state index in [4.69, 9.17) is 9.47 Å². The number of allylic oxidation sites excluding steroid dienone is 6. The summed E-state index contributed by atoms with van der Waals surface area (Å²) in [4.78, 5) is 37.8. The van der Waals surface area contributed by atoms with Crippen molar-refractivity contribution in [3.8, 4) is 11.5 Å². The summed E-state index contributed by atoms with van der Waals surface area (Å²) < 4.78 is 11.2. The van der Waals surface area contributed by atoms with E-state index in [9.17, 15) is 29.7 Å². The van der Waals surface area contributed by atoms with Gasteiger partial charge >= 0.3 is 5.97 Å². The highest BCUT2D eigenvalue weighted by Crippen LogP contribution is 2.34. The molecule has 0 unspecified atom stereocenters. The summed E-state index contributed by atoms with van der Waals surface area (Å²) in [6.07, 6.45) is 12.9. The maximum Gasteiger partial charge on any atom is 0.328 e. The number of esters is 1. The number of fused-ring (bicyclic) bond motifs is 2. The number of aliphatic hydroxyl groups excluding tert-OH is 1. The summed E-state index contributed by atoms with van der Waals surface area (Å²) in [7, 11) is 1.48. The van der Waals surface area contributed by atoms with Crippen LogP contribution in [0.5, 0.6) is 11.5 Å². The molecule has 0 saturated heterocycles. The molecule has 1 aromatic rings. The van der Waals surface area contributed by atoms with E-state index in [0.29, 0.717) is 36.0 Å². The number of amides is 2. The molecular formula is C34H46N2O8. The van der Waals surface area contributed by atoms with Crippen LogP contribution in [0.25, 0.3) is 0 Å². The summed E-state index contributed by atoms with van der Waals surface area (Å²) in [5.74, 6) is -2.15. The molecule has 2 rings (SSSR count). The zero-order valence-electron chi connectivity index (χ0n) is 26.4. The molecule has 5 N–H and O–H groups in total. The lowest BCUT2D eigenvalue weighted by Gasteiger charge is -2.29. The van der Waals surface area contributed by atoms with Gasteiger partial charge in [-0.1, -0.05) is 55.5 Å². The van der Waals surface area contributed by atoms with E-state index >= 15 is 0 Å². The number of aryl methyl sites for hydroxylation is 1. The van der Waals surface area contributed by atoms with E-state index in [1.165, 1.54) is 19.2 Å². The third kappa shape index (κ3) is 11.2. The highest BCUT2D eigenvalue weighted by molar-refractivity contribution is 5.95. The van der Waals surface area contributed by atoms with Crippen LogP contribution in [0.3, 0.4) is 0 Å². The Bertz CT molecular complexity index is 1310. The number of carbonyl (C=O) groups excluding carboxylic acids is 3. The molecule has 10 heteroatoms. The van der Waals surface area contributed by atoms with Crippen LogP contribution in [-0.4, -0.2) is 64.6 Å². The number of nitrogens with one attached hydrogen (secondary N) is 2. The van der Waals surface area contributed by atoms with Crippen molar-refractivity contribution in [2.45, 2.75) is 84.7 Å². The molecular weight excluding hydrogens is 564 g/mol. The average Bonchev–Trinajstić information content (AvgIpc) is 2.99. The van der Waals surface area contributed by atoms with Gasteiger partial charge in [-0.25, -0.2) is 4.79 Å². The van der Waals surface area contributed by atoms with Gasteiger partial charge in [0.15, 0.2) is 0 Å². The third-order valence-electron chi connectivity index (χ3n) is 7.49. The first-order chi connectivity index (χ1) is 20.9. The average molecular weight is 611 g/mol. The maximum absolute atomic E-state index is 13.0. The molecule has 10 nitrogen and oxygen atoms in total. The zero-order valence-corrected chi connectivity index (χ0v) is 26.4. The number of aliphatic hydroxyl groups is 1. The van der Waals surface area contributed by atoms with Crippen molar-refractivity contribution in [1.82, 2.24) is 5.32 Å². The van der Waals surface area contributed by atoms with Gasteiger partial charge in [-0.3, -0.25) is 9.59 Å². The lowest BCUT2D eigenvalue weighted by molar-refractivity contribution is -0.156. The first kappa shape index (κ1) is 36.0. The third-order valence-corrected chi connectivity index (χ3v) is 7.49. The number of carbonyl (C=O) groups is 3. The van der Waals surface area contributed by atoms with Crippen LogP contribution in [0.2, 0.25) is 0 Å². The van der Waals surface area contributed by atoms with Crippen LogP contribution in [0, 0.1) is 5.92 Å². The standard InChI is InChI=1S/C34H46N2O8/c1-7-21(2)33(41)35-24(5)34(42)44-29-17-12-10-8-9-11-16-27(43-6)20-30(38)36-28-19-26(37)18-25(32(28)40)15-13-14-22(3)31(39)23(29)4/h7-12,14,16,18-19,23-24,27,29,31,37,39-40H,13,15,17,20H2,1-6H3,(H,35,41)(H,36,38)/t23-,24+,27-,29-,31-/m0/s1. The Labute approximate surface area is 259 Å². The Morgan fingerprint density at radius 2 is 1.86 bits per heavy atom. The smallest absolute Gasteiger partial charge is 0.328 e. The quantitative estimate of drug-likeness (QED) is 0.105. The van der Waals surface area contributed by atoms with Crippen molar-refractivity contribution in [3.63, 3.8) is 0 Å². The monoisotopic (exact) mass is 610 g/mol. The van der Waals surface area contributed by atoms with E-state index in [1.54, 1.807) is 71.1 Å². The molecule has 0 radical (unpaired) electrons. The van der Waals surface area contributed by atoms with Crippen molar-refractivity contribution < 1.29 is 39.2 Å². The van der Waals surface area contributed by atoms with Crippen molar-refractivity contribution in [1.29, 1.82) is 0 Å². The maximum atomic E-state index is 13.0. The number of rotatable bonds is 5. The van der Waals surface area contributed by atoms with Crippen LogP contribution in [0.4, 0.5) is 5.69 Å². The molecule has 0 aromatic heterocycles. The number of phenols is 2. The Kier molecular flexibility index (Phi) is 14.6. The van der Waals surface area contributed by atoms with Gasteiger partial charge in [-0.15, -0.1) is 0 Å². The first-order valence-corrected chi connectivity index (χ1v) is 14.7. The number of ether oxygens (including phenoxy) is 2. The van der Waals surface area contributed by atoms with Gasteiger partial charge in [0.05, 0.1) is 24.3 Å². The van der Waals surface area contributed by atoms with E-state index in [0.717, 1.165) is 0 Å². The molecule has 5 atom stereocenters. The minimum absolute atomic E-state index is 0.0148. The van der Waals surface area contributed by atoms with Crippen LogP contribution >= 0.6 is 0 Å². The zero-order chi connectivity index (χ0) is 32.8. The fraction of sp³-hybridized carbons (Fsp3) is 0.441. The highest BCUT2D eigenvalue weighted by Gasteiger charge is 2.30. The Balaban J connectivity index is 2.36. The van der Waals surface area contributed by atoms with Crippen molar-refractivity contribution in [2.75, 3.05) is 12.4 Å². The van der Waals surface area contributed by atoms with Gasteiger partial charge in [0.2, 0.25) is 11.8 Å². The summed E-state index contributed by atoms with van der Waals surface area (Å²) in [5.41, 5.74) is 1.63. The fourth-order valence-electron chi connectivity index (χ4n) is 4.50. The van der Waals surface area contributed by atoms with E-state index in [2.05, 4.69) is 10.6 Å². The second kappa shape index (κ2) is 17.8. The van der Waals surface area contributed by atoms with Crippen molar-refractivity contribution in [3.05, 3.63) is 77.5 Å². The normalized spacial score (nSPS) is 23.1. The Morgan fingerprint density at radius 3 is 2.55 bits per heavy atom. The molecule has 240 valence electrons. The molecule has 1 aliphatic rings. The number of hydrogen-bond donors (Lipinski definition) is 5. The van der Waals surface area contributed by atoms with Gasteiger partial charge in [0, 0.05) is 31.1 Å². The van der Waals surface area contributed by atoms with Crippen LogP contribution < -0.4 is 10.6 Å². The van der Waals surface area contributed by atoms with Gasteiger partial charge in [0.1, 0.15) is 23.6 Å². The number of aromatic hydroxyl groups is 2. The summed E-state index contributed by atoms with van der Waals surface area (Å²) in [6, 6.07) is 1.81. The van der Waals surface area contributed by atoms with Gasteiger partial charge in [-0.05, 0) is 57.7 Å². The number of anilines is 1. The lowest BCUT2D eigenvalue weighted by atomic mass is 9.90. The molecule has 0 spiro atoms. The molecule has 1 aromatic carbocycles. The van der Waals surface area contributed by atoms with E-state index < -0.39 is 42.1 Å². The molecule has 0 fully saturated rings. The van der Waals surface area contributed by atoms with Crippen molar-refractivity contribution >= 4 is 23.5 Å². The lowest BCUT2D eigenvalue weighted by Crippen LogP contribution is -2.43. The largest absolute Gasteiger partial charge is 0.508 e. The number of methoxy groups -OCH3 is 1. The Hall–Kier alpha value is -4.15. The molecule has 1 heterocycles. The molecule has 0 saturated carbocycles. The number of hydrogen-bond acceptors (Lipinski definition) is 8. The van der Waals surface area contributed by atoms with Gasteiger partial charge in [0.25, 0.3) is 0 Å². The van der Waals surface area contributed by atoms with E-state index in [1.807, 2.05) is 12.2 Å². The molecule has 1 aliphatic heterocycles. The van der Waals surface area contributed by atoms with E-state index in [-0.39, 0.29) is 29.5 Å². The van der Waals surface area contributed by atoms with Crippen LogP contribution in [-0.2, 0) is 30.3 Å². The predicted molar refractivity (Wildman–Crippen MR) is 170 cm³/mol. The number of benzene rings is 1. The molecule has 44 heavy (non-hydrogen) atoms. The summed E-state index contributed by atoms with van der Waals surface area (Å²) in [6.45, 7) is 8.49. The van der Waals surface area contributed by atoms with Crippen LogP contribution in [0.15, 0.2) is 71.9 Å². The molecule has 2 amide bonds. The summed E-state index contributed by atoms with van der Waals surface area (Å²) >= 11 is 0. The first-order valence-electron chi connectivity index (χ1n) is 14.7. The second-order valence-electron chi connectivity index (χ2n) is 10.9. The van der Waals surface area contributed by atoms with Crippen LogP contribution in [0.1, 0.15) is 59.4 Å². The summed E-state index contributed by atoms with van der Waals surface area (Å²) in [5, 5.41) is 37.5. The molecule has 0 aliphatic carbocycles. The highest BCUT2D eigenvalue weighted by atomic mass is 16.5. The fourth-order valence-corrected chi connectivity index (χ4v) is 4.50. The number of phenolic OH excluding ortho intramolecular Hbond substituents is 2. The van der Waals surface area contributed by atoms with Gasteiger partial charge in [-0.2, -0.15) is 0 Å². The minimum Gasteiger partial charge on any atom is -0.508 e. The SMILES string of the molecule is CC=C(C)C(=O)N[C@H](C)C(=O)O[C@H]1CC=CC=CC=C[C@H](OC)CC(=O)Nc2cc(O)cc(c2O)CCC=C(C)[C@H](O)[C@H]1C. The topological polar surface area (TPSA) is 154 Å². The molecule has 2 bridgehead atoms. The Morgan fingerprint density at radius 1 is 1.16 bits per heavy atom. The van der Waals surface area contributed by atoms with Crippen molar-refractivity contribution in [2.24, 2.45) is 5.92 Å². The second-order valence-corrected chi connectivity index (χ2v) is 10.9. The van der Waals surface area contributed by atoms with Gasteiger partial charge < -0.3 is 35.4 Å².